The van der Waals surface area contributed by atoms with Crippen molar-refractivity contribution in [3.05, 3.63) is 48.0 Å². The number of hydrogen-bond acceptors (Lipinski definition) is 2. The predicted molar refractivity (Wildman–Crippen MR) is 89.2 cm³/mol. The third kappa shape index (κ3) is 3.30. The monoisotopic (exact) mass is 297 g/mol. The molecule has 1 aliphatic rings. The molecule has 0 bridgehead atoms. The minimum Gasteiger partial charge on any atom is -0.481 e. The minimum atomic E-state index is -0.716. The van der Waals surface area contributed by atoms with Crippen LogP contribution in [0.3, 0.4) is 0 Å². The fraction of sp³-hybridized carbons (Fsp3) is 0.421. The van der Waals surface area contributed by atoms with Crippen LogP contribution in [0.2, 0.25) is 0 Å². The Morgan fingerprint density at radius 2 is 2.00 bits per heavy atom. The van der Waals surface area contributed by atoms with Crippen molar-refractivity contribution in [1.82, 2.24) is 5.32 Å². The van der Waals surface area contributed by atoms with Crippen molar-refractivity contribution >= 4 is 16.7 Å². The summed E-state index contributed by atoms with van der Waals surface area (Å²) in [5.41, 5.74) is 0.946. The summed E-state index contributed by atoms with van der Waals surface area (Å²) in [6, 6.07) is 14.5. The molecule has 3 rings (SSSR count). The van der Waals surface area contributed by atoms with E-state index < -0.39 is 11.9 Å². The van der Waals surface area contributed by atoms with E-state index in [9.17, 15) is 9.90 Å². The third-order valence-corrected chi connectivity index (χ3v) is 4.71. The Morgan fingerprint density at radius 3 is 2.77 bits per heavy atom. The van der Waals surface area contributed by atoms with E-state index in [1.807, 2.05) is 42.5 Å². The van der Waals surface area contributed by atoms with Gasteiger partial charge in [-0.05, 0) is 48.6 Å². The van der Waals surface area contributed by atoms with Crippen LogP contribution in [0.5, 0.6) is 0 Å². The maximum atomic E-state index is 11.8. The van der Waals surface area contributed by atoms with E-state index in [2.05, 4.69) is 5.32 Å². The van der Waals surface area contributed by atoms with Gasteiger partial charge >= 0.3 is 5.97 Å². The average Bonchev–Trinajstić information content (AvgIpc) is 2.56. The van der Waals surface area contributed by atoms with Crippen molar-refractivity contribution in [3.8, 4) is 0 Å². The molecule has 2 atom stereocenters. The van der Waals surface area contributed by atoms with E-state index >= 15 is 0 Å². The highest BCUT2D eigenvalue weighted by atomic mass is 16.4. The number of carboxylic acids is 1. The van der Waals surface area contributed by atoms with Gasteiger partial charge in [-0.25, -0.2) is 0 Å². The number of benzene rings is 2. The van der Waals surface area contributed by atoms with Gasteiger partial charge in [-0.1, -0.05) is 48.9 Å². The number of hydrogen-bond donors (Lipinski definition) is 2. The molecule has 1 fully saturated rings. The first-order valence-electron chi connectivity index (χ1n) is 8.19. The number of carboxylic acid groups (broad SMARTS) is 1. The average molecular weight is 297 g/mol. The smallest absolute Gasteiger partial charge is 0.310 e. The van der Waals surface area contributed by atoms with Gasteiger partial charge in [0, 0.05) is 6.04 Å². The summed E-state index contributed by atoms with van der Waals surface area (Å²) in [6.07, 6.45) is 5.29. The van der Waals surface area contributed by atoms with Crippen molar-refractivity contribution in [1.29, 1.82) is 0 Å². The molecule has 22 heavy (non-hydrogen) atoms. The fourth-order valence-corrected chi connectivity index (χ4v) is 3.50. The Hall–Kier alpha value is -1.87. The molecule has 3 heteroatoms. The summed E-state index contributed by atoms with van der Waals surface area (Å²) >= 11 is 0. The van der Waals surface area contributed by atoms with Gasteiger partial charge in [-0.15, -0.1) is 0 Å². The number of carbonyl (C=O) groups is 1. The standard InChI is InChI=1S/C19H23NO2/c21-19(22)18(12-11-15-8-3-4-13-20-15)17-10-5-7-14-6-1-2-9-16(14)17/h1-2,5-7,9-10,15,18,20H,3-4,8,11-13H2,(H,21,22). The highest BCUT2D eigenvalue weighted by molar-refractivity contribution is 5.90. The van der Waals surface area contributed by atoms with Crippen LogP contribution in [0.25, 0.3) is 10.8 Å². The van der Waals surface area contributed by atoms with Gasteiger partial charge < -0.3 is 10.4 Å². The molecular weight excluding hydrogens is 274 g/mol. The second kappa shape index (κ2) is 6.93. The van der Waals surface area contributed by atoms with E-state index in [-0.39, 0.29) is 0 Å². The molecule has 1 aliphatic heterocycles. The Morgan fingerprint density at radius 1 is 1.18 bits per heavy atom. The molecule has 0 saturated carbocycles. The van der Waals surface area contributed by atoms with E-state index in [0.29, 0.717) is 12.5 Å². The van der Waals surface area contributed by atoms with Crippen LogP contribution in [-0.2, 0) is 4.79 Å². The van der Waals surface area contributed by atoms with Crippen LogP contribution in [-0.4, -0.2) is 23.7 Å². The van der Waals surface area contributed by atoms with Crippen LogP contribution in [0.1, 0.15) is 43.6 Å². The zero-order valence-corrected chi connectivity index (χ0v) is 12.8. The summed E-state index contributed by atoms with van der Waals surface area (Å²) in [5.74, 6) is -1.14. The van der Waals surface area contributed by atoms with Gasteiger partial charge in [-0.3, -0.25) is 4.79 Å². The minimum absolute atomic E-state index is 0.421. The number of nitrogens with one attached hydrogen (secondary N) is 1. The highest BCUT2D eigenvalue weighted by Crippen LogP contribution is 2.30. The van der Waals surface area contributed by atoms with Crippen molar-refractivity contribution in [2.45, 2.75) is 44.1 Å². The zero-order valence-electron chi connectivity index (χ0n) is 12.8. The maximum absolute atomic E-state index is 11.8. The lowest BCUT2D eigenvalue weighted by Gasteiger charge is -2.25. The molecule has 116 valence electrons. The molecule has 0 radical (unpaired) electrons. The summed E-state index contributed by atoms with van der Waals surface area (Å²) in [7, 11) is 0. The maximum Gasteiger partial charge on any atom is 0.310 e. The van der Waals surface area contributed by atoms with Crippen molar-refractivity contribution in [2.75, 3.05) is 6.54 Å². The number of fused-ring (bicyclic) bond motifs is 1. The topological polar surface area (TPSA) is 49.3 Å². The van der Waals surface area contributed by atoms with Gasteiger partial charge in [0.15, 0.2) is 0 Å². The Labute approximate surface area is 131 Å². The van der Waals surface area contributed by atoms with Gasteiger partial charge in [0.25, 0.3) is 0 Å². The molecule has 2 aromatic rings. The largest absolute Gasteiger partial charge is 0.481 e. The number of rotatable bonds is 5. The first kappa shape index (κ1) is 15.0. The zero-order chi connectivity index (χ0) is 15.4. The van der Waals surface area contributed by atoms with Crippen molar-refractivity contribution in [2.24, 2.45) is 0 Å². The normalized spacial score (nSPS) is 19.9. The van der Waals surface area contributed by atoms with Gasteiger partial charge in [0.2, 0.25) is 0 Å². The number of piperidine rings is 1. The van der Waals surface area contributed by atoms with Gasteiger partial charge in [0.05, 0.1) is 5.92 Å². The lowest BCUT2D eigenvalue weighted by molar-refractivity contribution is -0.139. The molecule has 0 aliphatic carbocycles. The molecule has 0 aromatic heterocycles. The SMILES string of the molecule is O=C(O)C(CCC1CCCCN1)c1cccc2ccccc12. The second-order valence-corrected chi connectivity index (χ2v) is 6.18. The molecule has 1 heterocycles. The van der Waals surface area contributed by atoms with Crippen molar-refractivity contribution in [3.63, 3.8) is 0 Å². The van der Waals surface area contributed by atoms with E-state index in [1.165, 1.54) is 19.3 Å². The summed E-state index contributed by atoms with van der Waals surface area (Å²) in [4.78, 5) is 11.8. The summed E-state index contributed by atoms with van der Waals surface area (Å²) in [6.45, 7) is 1.07. The van der Waals surface area contributed by atoms with Crippen LogP contribution in [0, 0.1) is 0 Å². The summed E-state index contributed by atoms with van der Waals surface area (Å²) < 4.78 is 0. The predicted octanol–water partition coefficient (Wildman–Crippen LogP) is 3.93. The lowest BCUT2D eigenvalue weighted by Crippen LogP contribution is -2.34. The molecule has 2 N–H and O–H groups in total. The third-order valence-electron chi connectivity index (χ3n) is 4.71. The molecule has 2 aromatic carbocycles. The number of aliphatic carboxylic acids is 1. The van der Waals surface area contributed by atoms with Crippen LogP contribution in [0.4, 0.5) is 0 Å². The quantitative estimate of drug-likeness (QED) is 0.879. The Bertz CT molecular complexity index is 641. The first-order chi connectivity index (χ1) is 10.8. The van der Waals surface area contributed by atoms with Crippen LogP contribution in [0.15, 0.2) is 42.5 Å². The molecule has 3 nitrogen and oxygen atoms in total. The van der Waals surface area contributed by atoms with E-state index in [0.717, 1.165) is 29.3 Å². The molecule has 0 amide bonds. The van der Waals surface area contributed by atoms with Gasteiger partial charge in [0.1, 0.15) is 0 Å². The van der Waals surface area contributed by atoms with Crippen LogP contribution < -0.4 is 5.32 Å². The van der Waals surface area contributed by atoms with Crippen LogP contribution >= 0.6 is 0 Å². The Balaban J connectivity index is 1.81. The van der Waals surface area contributed by atoms with E-state index in [1.54, 1.807) is 0 Å². The molecule has 2 unspecified atom stereocenters. The molecular formula is C19H23NO2. The Kier molecular flexibility index (Phi) is 4.74. The second-order valence-electron chi connectivity index (χ2n) is 6.18. The molecule has 0 spiro atoms. The van der Waals surface area contributed by atoms with Crippen molar-refractivity contribution < 1.29 is 9.90 Å². The van der Waals surface area contributed by atoms with E-state index in [4.69, 9.17) is 0 Å². The first-order valence-corrected chi connectivity index (χ1v) is 8.19. The fourth-order valence-electron chi connectivity index (χ4n) is 3.50. The lowest BCUT2D eigenvalue weighted by atomic mass is 9.87. The highest BCUT2D eigenvalue weighted by Gasteiger charge is 2.23. The molecule has 1 saturated heterocycles. The summed E-state index contributed by atoms with van der Waals surface area (Å²) in [5, 5.41) is 15.4. The van der Waals surface area contributed by atoms with Gasteiger partial charge in [-0.2, -0.15) is 0 Å².